The van der Waals surface area contributed by atoms with E-state index in [1.54, 1.807) is 20.0 Å². The van der Waals surface area contributed by atoms with Crippen LogP contribution in [0.25, 0.3) is 0 Å². The predicted octanol–water partition coefficient (Wildman–Crippen LogP) is 0.537. The molecule has 0 saturated carbocycles. The average Bonchev–Trinajstić information content (AvgIpc) is 2.89. The minimum Gasteiger partial charge on any atom is -0.469 e. The quantitative estimate of drug-likeness (QED) is 0.809. The van der Waals surface area contributed by atoms with Gasteiger partial charge in [0.1, 0.15) is 5.76 Å². The largest absolute Gasteiger partial charge is 0.469 e. The number of aromatic nitrogens is 3. The van der Waals surface area contributed by atoms with Gasteiger partial charge in [-0.05, 0) is 13.0 Å². The van der Waals surface area contributed by atoms with Crippen LogP contribution in [0.5, 0.6) is 0 Å². The van der Waals surface area contributed by atoms with Crippen LogP contribution in [0.4, 0.5) is 0 Å². The summed E-state index contributed by atoms with van der Waals surface area (Å²) in [6.45, 7) is 2.03. The summed E-state index contributed by atoms with van der Waals surface area (Å²) in [4.78, 5) is 0. The third-order valence-corrected chi connectivity index (χ3v) is 4.28. The zero-order chi connectivity index (χ0) is 13.3. The fourth-order valence-corrected chi connectivity index (χ4v) is 2.56. The third-order valence-electron chi connectivity index (χ3n) is 2.62. The lowest BCUT2D eigenvalue weighted by Gasteiger charge is -2.14. The molecule has 0 atom stereocenters. The normalized spacial score (nSPS) is 12.2. The molecule has 18 heavy (non-hydrogen) atoms. The van der Waals surface area contributed by atoms with Crippen LogP contribution in [0.2, 0.25) is 0 Å². The summed E-state index contributed by atoms with van der Waals surface area (Å²) in [5.41, 5.74) is 0.824. The molecule has 2 heterocycles. The van der Waals surface area contributed by atoms with Crippen molar-refractivity contribution in [3.05, 3.63) is 29.9 Å². The van der Waals surface area contributed by atoms with Crippen LogP contribution in [0, 0.1) is 6.92 Å². The van der Waals surface area contributed by atoms with Crippen molar-refractivity contribution < 1.29 is 12.8 Å². The van der Waals surface area contributed by atoms with Crippen LogP contribution in [-0.4, -0.2) is 34.8 Å². The second-order valence-corrected chi connectivity index (χ2v) is 5.99. The summed E-state index contributed by atoms with van der Waals surface area (Å²) >= 11 is 0. The van der Waals surface area contributed by atoms with Crippen molar-refractivity contribution in [3.8, 4) is 0 Å². The second kappa shape index (κ2) is 4.54. The molecule has 2 aromatic rings. The lowest BCUT2D eigenvalue weighted by molar-refractivity contribution is 0.456. The Morgan fingerprint density at radius 1 is 1.50 bits per heavy atom. The number of hydrogen-bond donors (Lipinski definition) is 0. The second-order valence-electron chi connectivity index (χ2n) is 3.99. The monoisotopic (exact) mass is 270 g/mol. The molecule has 0 bridgehead atoms. The van der Waals surface area contributed by atoms with Gasteiger partial charge in [0.15, 0.2) is 0 Å². The molecule has 0 unspecified atom stereocenters. The van der Waals surface area contributed by atoms with E-state index in [0.29, 0.717) is 5.76 Å². The van der Waals surface area contributed by atoms with E-state index >= 15 is 0 Å². The molecule has 2 aromatic heterocycles. The Hall–Kier alpha value is -1.67. The average molecular weight is 270 g/mol. The maximum Gasteiger partial charge on any atom is 0.264 e. The fourth-order valence-electron chi connectivity index (χ4n) is 1.50. The third kappa shape index (κ3) is 2.29. The minimum atomic E-state index is -3.61. The van der Waals surface area contributed by atoms with Crippen LogP contribution in [0.1, 0.15) is 11.3 Å². The van der Waals surface area contributed by atoms with E-state index in [1.807, 2.05) is 0 Å². The fraction of sp³-hybridized carbons (Fsp3) is 0.400. The molecule has 0 fully saturated rings. The van der Waals surface area contributed by atoms with Crippen molar-refractivity contribution in [2.45, 2.75) is 18.5 Å². The van der Waals surface area contributed by atoms with Crippen molar-refractivity contribution in [1.82, 2.24) is 19.3 Å². The van der Waals surface area contributed by atoms with Gasteiger partial charge in [0, 0.05) is 26.2 Å². The SMILES string of the molecule is Cc1occc1CN(C)S(=O)(=O)c1cn(C)nn1. The predicted molar refractivity (Wildman–Crippen MR) is 63.1 cm³/mol. The molecular formula is C10H14N4O3S. The maximum atomic E-state index is 12.2. The molecule has 8 heteroatoms. The van der Waals surface area contributed by atoms with Gasteiger partial charge in [0.25, 0.3) is 10.0 Å². The maximum absolute atomic E-state index is 12.2. The Balaban J connectivity index is 2.23. The Morgan fingerprint density at radius 3 is 2.72 bits per heavy atom. The highest BCUT2D eigenvalue weighted by Gasteiger charge is 2.24. The molecule has 98 valence electrons. The Morgan fingerprint density at radius 2 is 2.22 bits per heavy atom. The van der Waals surface area contributed by atoms with Crippen LogP contribution in [0.15, 0.2) is 28.0 Å². The number of rotatable bonds is 4. The summed E-state index contributed by atoms with van der Waals surface area (Å²) in [5.74, 6) is 0.705. The Bertz CT molecular complexity index is 644. The molecule has 0 spiro atoms. The van der Waals surface area contributed by atoms with Gasteiger partial charge < -0.3 is 4.42 Å². The van der Waals surface area contributed by atoms with Crippen molar-refractivity contribution in [1.29, 1.82) is 0 Å². The van der Waals surface area contributed by atoms with Crippen molar-refractivity contribution in [3.63, 3.8) is 0 Å². The summed E-state index contributed by atoms with van der Waals surface area (Å²) in [7, 11) is -0.500. The zero-order valence-electron chi connectivity index (χ0n) is 10.4. The van der Waals surface area contributed by atoms with Crippen molar-refractivity contribution >= 4 is 10.0 Å². The first kappa shape index (κ1) is 12.8. The summed E-state index contributed by atoms with van der Waals surface area (Å²) < 4.78 is 32.0. The molecule has 0 aliphatic carbocycles. The van der Waals surface area contributed by atoms with Crippen LogP contribution >= 0.6 is 0 Å². The molecule has 0 aromatic carbocycles. The molecule has 2 rings (SSSR count). The van der Waals surface area contributed by atoms with Gasteiger partial charge in [-0.2, -0.15) is 4.31 Å². The Labute approximate surface area is 105 Å². The first-order valence-corrected chi connectivity index (χ1v) is 6.71. The molecule has 0 N–H and O–H groups in total. The number of hydrogen-bond acceptors (Lipinski definition) is 5. The summed E-state index contributed by atoms with van der Waals surface area (Å²) in [6.07, 6.45) is 2.90. The lowest BCUT2D eigenvalue weighted by Crippen LogP contribution is -2.26. The van der Waals surface area contributed by atoms with Gasteiger partial charge in [-0.25, -0.2) is 8.42 Å². The number of sulfonamides is 1. The summed E-state index contributed by atoms with van der Waals surface area (Å²) in [5, 5.41) is 7.18. The molecule has 0 aliphatic rings. The van der Waals surface area contributed by atoms with E-state index in [1.165, 1.54) is 28.5 Å². The Kier molecular flexibility index (Phi) is 3.22. The van der Waals surface area contributed by atoms with Crippen molar-refractivity contribution in [2.24, 2.45) is 7.05 Å². The zero-order valence-corrected chi connectivity index (χ0v) is 11.2. The highest BCUT2D eigenvalue weighted by molar-refractivity contribution is 7.89. The van der Waals surface area contributed by atoms with Crippen LogP contribution < -0.4 is 0 Å². The molecule has 0 amide bonds. The lowest BCUT2D eigenvalue weighted by atomic mass is 10.3. The van der Waals surface area contributed by atoms with Gasteiger partial charge >= 0.3 is 0 Å². The molecule has 7 nitrogen and oxygen atoms in total. The van der Waals surface area contributed by atoms with Gasteiger partial charge in [0.05, 0.1) is 12.5 Å². The van der Waals surface area contributed by atoms with Gasteiger partial charge in [-0.1, -0.05) is 5.21 Å². The standard InChI is InChI=1S/C10H14N4O3S/c1-8-9(4-5-17-8)6-14(3)18(15,16)10-7-13(2)12-11-10/h4-5,7H,6H2,1-3H3. The van der Waals surface area contributed by atoms with E-state index in [4.69, 9.17) is 4.42 Å². The van der Waals surface area contributed by atoms with Crippen molar-refractivity contribution in [2.75, 3.05) is 7.05 Å². The highest BCUT2D eigenvalue weighted by Crippen LogP contribution is 2.16. The minimum absolute atomic E-state index is 0.0614. The van der Waals surface area contributed by atoms with E-state index in [0.717, 1.165) is 5.56 Å². The van der Waals surface area contributed by atoms with E-state index in [9.17, 15) is 8.42 Å². The topological polar surface area (TPSA) is 81.2 Å². The number of furan rings is 1. The first-order chi connectivity index (χ1) is 8.41. The number of aryl methyl sites for hydroxylation is 2. The van der Waals surface area contributed by atoms with Crippen LogP contribution in [0.3, 0.4) is 0 Å². The molecule has 0 aliphatic heterocycles. The van der Waals surface area contributed by atoms with Gasteiger partial charge in [-0.15, -0.1) is 5.10 Å². The smallest absolute Gasteiger partial charge is 0.264 e. The van der Waals surface area contributed by atoms with Gasteiger partial charge in [-0.3, -0.25) is 4.68 Å². The highest BCUT2D eigenvalue weighted by atomic mass is 32.2. The molecule has 0 saturated heterocycles. The molecule has 0 radical (unpaired) electrons. The van der Waals surface area contributed by atoms with Gasteiger partial charge in [0.2, 0.25) is 5.03 Å². The van der Waals surface area contributed by atoms with E-state index in [-0.39, 0.29) is 11.6 Å². The van der Waals surface area contributed by atoms with Crippen LogP contribution in [-0.2, 0) is 23.6 Å². The number of nitrogens with zero attached hydrogens (tertiary/aromatic N) is 4. The summed E-state index contributed by atoms with van der Waals surface area (Å²) in [6, 6.07) is 1.75. The van der Waals surface area contributed by atoms with E-state index < -0.39 is 10.0 Å². The first-order valence-electron chi connectivity index (χ1n) is 5.27. The molecular weight excluding hydrogens is 256 g/mol. The van der Waals surface area contributed by atoms with E-state index in [2.05, 4.69) is 10.3 Å².